The first-order chi connectivity index (χ1) is 7.18. The Morgan fingerprint density at radius 2 is 2.31 bits per heavy atom. The van der Waals surface area contributed by atoms with E-state index in [1.54, 1.807) is 0 Å². The molecule has 0 aromatic carbocycles. The Kier molecular flexibility index (Phi) is 9.70. The van der Waals surface area contributed by atoms with Gasteiger partial charge in [0.1, 0.15) is 0 Å². The van der Waals surface area contributed by atoms with Gasteiger partial charge in [0, 0.05) is 41.5 Å². The van der Waals surface area contributed by atoms with Crippen LogP contribution in [0.2, 0.25) is 0 Å². The summed E-state index contributed by atoms with van der Waals surface area (Å²) in [5.74, 6) is 3.77. The van der Waals surface area contributed by atoms with Crippen molar-refractivity contribution < 1.29 is 4.79 Å². The average Bonchev–Trinajstić information content (AvgIpc) is 2.25. The van der Waals surface area contributed by atoms with Crippen LogP contribution in [-0.4, -0.2) is 41.0 Å². The standard InChI is InChI=1S/C10H20N2OS2.ClH/c1-8(11)2-3-10(13)12-6-9-7-14-4-5-15-9;/h8-9H,2-7,11H2,1H3,(H,12,13);1H. The van der Waals surface area contributed by atoms with Crippen LogP contribution >= 0.6 is 35.9 Å². The van der Waals surface area contributed by atoms with Crippen LogP contribution in [0.3, 0.4) is 0 Å². The molecule has 2 atom stereocenters. The van der Waals surface area contributed by atoms with Crippen LogP contribution in [0.4, 0.5) is 0 Å². The molecule has 16 heavy (non-hydrogen) atoms. The lowest BCUT2D eigenvalue weighted by Crippen LogP contribution is -2.34. The number of carbonyl (C=O) groups excluding carboxylic acids is 1. The third-order valence-corrected chi connectivity index (χ3v) is 5.08. The Morgan fingerprint density at radius 1 is 1.56 bits per heavy atom. The SMILES string of the molecule is CC(N)CCC(=O)NCC1CSCCS1.Cl. The molecule has 1 aliphatic heterocycles. The van der Waals surface area contributed by atoms with Crippen molar-refractivity contribution in [2.45, 2.75) is 31.1 Å². The fraction of sp³-hybridized carbons (Fsp3) is 0.900. The largest absolute Gasteiger partial charge is 0.355 e. The van der Waals surface area contributed by atoms with Crippen LogP contribution in [0.1, 0.15) is 19.8 Å². The van der Waals surface area contributed by atoms with E-state index in [0.717, 1.165) is 18.7 Å². The van der Waals surface area contributed by atoms with Gasteiger partial charge in [-0.25, -0.2) is 0 Å². The van der Waals surface area contributed by atoms with E-state index in [9.17, 15) is 4.79 Å². The highest BCUT2D eigenvalue weighted by molar-refractivity contribution is 8.06. The Balaban J connectivity index is 0.00000225. The number of amides is 1. The van der Waals surface area contributed by atoms with Crippen LogP contribution in [-0.2, 0) is 4.79 Å². The van der Waals surface area contributed by atoms with Gasteiger partial charge in [-0.2, -0.15) is 23.5 Å². The molecule has 96 valence electrons. The zero-order valence-electron chi connectivity index (χ0n) is 9.61. The van der Waals surface area contributed by atoms with Gasteiger partial charge < -0.3 is 11.1 Å². The monoisotopic (exact) mass is 284 g/mol. The molecular weight excluding hydrogens is 264 g/mol. The van der Waals surface area contributed by atoms with Crippen molar-refractivity contribution in [3.05, 3.63) is 0 Å². The molecule has 1 saturated heterocycles. The second kappa shape index (κ2) is 9.45. The zero-order valence-corrected chi connectivity index (χ0v) is 12.1. The molecule has 3 nitrogen and oxygen atoms in total. The summed E-state index contributed by atoms with van der Waals surface area (Å²) in [6, 6.07) is 0.121. The van der Waals surface area contributed by atoms with Crippen molar-refractivity contribution in [2.24, 2.45) is 5.73 Å². The lowest BCUT2D eigenvalue weighted by Gasteiger charge is -2.21. The molecule has 2 unspecified atom stereocenters. The Hall–Kier alpha value is 0.420. The van der Waals surface area contributed by atoms with Gasteiger partial charge in [0.05, 0.1) is 0 Å². The molecular formula is C10H21ClN2OS2. The van der Waals surface area contributed by atoms with E-state index in [0.29, 0.717) is 11.7 Å². The van der Waals surface area contributed by atoms with Crippen LogP contribution in [0.15, 0.2) is 0 Å². The summed E-state index contributed by atoms with van der Waals surface area (Å²) < 4.78 is 0. The molecule has 0 aromatic rings. The van der Waals surface area contributed by atoms with Gasteiger partial charge in [-0.3, -0.25) is 4.79 Å². The summed E-state index contributed by atoms with van der Waals surface area (Å²) in [6.45, 7) is 2.75. The van der Waals surface area contributed by atoms with Gasteiger partial charge in [0.15, 0.2) is 0 Å². The summed E-state index contributed by atoms with van der Waals surface area (Å²) in [6.07, 6.45) is 1.33. The smallest absolute Gasteiger partial charge is 0.220 e. The highest BCUT2D eigenvalue weighted by Gasteiger charge is 2.14. The predicted octanol–water partition coefficient (Wildman–Crippen LogP) is 1.50. The maximum Gasteiger partial charge on any atom is 0.220 e. The average molecular weight is 285 g/mol. The van der Waals surface area contributed by atoms with Gasteiger partial charge in [-0.15, -0.1) is 12.4 Å². The summed E-state index contributed by atoms with van der Waals surface area (Å²) in [4.78, 5) is 11.4. The van der Waals surface area contributed by atoms with Crippen LogP contribution < -0.4 is 11.1 Å². The molecule has 3 N–H and O–H groups in total. The molecule has 1 fully saturated rings. The van der Waals surface area contributed by atoms with Gasteiger partial charge in [0.2, 0.25) is 5.91 Å². The summed E-state index contributed by atoms with van der Waals surface area (Å²) in [5.41, 5.74) is 5.59. The number of halogens is 1. The number of hydrogen-bond acceptors (Lipinski definition) is 4. The van der Waals surface area contributed by atoms with Crippen molar-refractivity contribution >= 4 is 41.8 Å². The van der Waals surface area contributed by atoms with E-state index in [2.05, 4.69) is 5.32 Å². The minimum Gasteiger partial charge on any atom is -0.355 e. The number of carbonyl (C=O) groups is 1. The van der Waals surface area contributed by atoms with E-state index >= 15 is 0 Å². The minimum atomic E-state index is 0. The topological polar surface area (TPSA) is 55.1 Å². The minimum absolute atomic E-state index is 0. The van der Waals surface area contributed by atoms with Gasteiger partial charge in [0.25, 0.3) is 0 Å². The number of rotatable bonds is 5. The highest BCUT2D eigenvalue weighted by Crippen LogP contribution is 2.23. The van der Waals surface area contributed by atoms with E-state index in [1.807, 2.05) is 30.4 Å². The van der Waals surface area contributed by atoms with Crippen LogP contribution in [0.5, 0.6) is 0 Å². The first-order valence-corrected chi connectivity index (χ1v) is 7.60. The third kappa shape index (κ3) is 7.65. The van der Waals surface area contributed by atoms with Crippen LogP contribution in [0, 0.1) is 0 Å². The number of hydrogen-bond donors (Lipinski definition) is 2. The Labute approximate surface area is 112 Å². The van der Waals surface area contributed by atoms with Gasteiger partial charge >= 0.3 is 0 Å². The molecule has 1 heterocycles. The van der Waals surface area contributed by atoms with E-state index < -0.39 is 0 Å². The fourth-order valence-electron chi connectivity index (χ4n) is 1.33. The second-order valence-corrected chi connectivity index (χ2v) is 6.45. The lowest BCUT2D eigenvalue weighted by molar-refractivity contribution is -0.121. The Morgan fingerprint density at radius 3 is 2.88 bits per heavy atom. The molecule has 0 aromatic heterocycles. The molecule has 0 bridgehead atoms. The number of thioether (sulfide) groups is 2. The maximum absolute atomic E-state index is 11.4. The van der Waals surface area contributed by atoms with E-state index in [4.69, 9.17) is 5.73 Å². The zero-order chi connectivity index (χ0) is 11.1. The number of nitrogens with one attached hydrogen (secondary N) is 1. The summed E-state index contributed by atoms with van der Waals surface area (Å²) in [7, 11) is 0. The van der Waals surface area contributed by atoms with Gasteiger partial charge in [-0.05, 0) is 13.3 Å². The second-order valence-electron chi connectivity index (χ2n) is 3.89. The fourth-order valence-corrected chi connectivity index (χ4v) is 3.94. The quantitative estimate of drug-likeness (QED) is 0.803. The first-order valence-electron chi connectivity index (χ1n) is 5.40. The number of nitrogens with two attached hydrogens (primary N) is 1. The van der Waals surface area contributed by atoms with E-state index in [1.165, 1.54) is 11.5 Å². The Bertz CT molecular complexity index is 199. The van der Waals surface area contributed by atoms with Gasteiger partial charge in [-0.1, -0.05) is 0 Å². The van der Waals surface area contributed by atoms with E-state index in [-0.39, 0.29) is 24.4 Å². The van der Waals surface area contributed by atoms with Crippen molar-refractivity contribution in [2.75, 3.05) is 23.8 Å². The third-order valence-electron chi connectivity index (χ3n) is 2.24. The van der Waals surface area contributed by atoms with Crippen molar-refractivity contribution in [1.29, 1.82) is 0 Å². The summed E-state index contributed by atoms with van der Waals surface area (Å²) >= 11 is 3.95. The highest BCUT2D eigenvalue weighted by atomic mass is 35.5. The predicted molar refractivity (Wildman–Crippen MR) is 76.7 cm³/mol. The van der Waals surface area contributed by atoms with Crippen LogP contribution in [0.25, 0.3) is 0 Å². The van der Waals surface area contributed by atoms with Crippen molar-refractivity contribution in [3.8, 4) is 0 Å². The molecule has 1 aliphatic rings. The normalized spacial score (nSPS) is 22.0. The molecule has 1 amide bonds. The maximum atomic E-state index is 11.4. The molecule has 6 heteroatoms. The van der Waals surface area contributed by atoms with Crippen molar-refractivity contribution in [3.63, 3.8) is 0 Å². The molecule has 0 radical (unpaired) electrons. The van der Waals surface area contributed by atoms with Crippen molar-refractivity contribution in [1.82, 2.24) is 5.32 Å². The lowest BCUT2D eigenvalue weighted by atomic mass is 10.2. The summed E-state index contributed by atoms with van der Waals surface area (Å²) in [5, 5.41) is 3.58. The molecule has 0 aliphatic carbocycles. The molecule has 1 rings (SSSR count). The first kappa shape index (κ1) is 16.4. The molecule has 0 saturated carbocycles. The molecule has 0 spiro atoms.